The number of piperazine rings is 1. The van der Waals surface area contributed by atoms with E-state index in [9.17, 15) is 8.42 Å². The van der Waals surface area contributed by atoms with Crippen molar-refractivity contribution in [1.29, 1.82) is 0 Å². The van der Waals surface area contributed by atoms with Gasteiger partial charge in [0, 0.05) is 56.4 Å². The summed E-state index contributed by atoms with van der Waals surface area (Å²) < 4.78 is 24.6. The minimum atomic E-state index is -3.00. The summed E-state index contributed by atoms with van der Waals surface area (Å²) in [4.78, 5) is 16.2. The molecule has 0 spiro atoms. The molecule has 2 saturated heterocycles. The molecule has 1 N–H and O–H groups in total. The van der Waals surface area contributed by atoms with E-state index in [0.717, 1.165) is 36.6 Å². The molecule has 2 aliphatic heterocycles. The summed E-state index contributed by atoms with van der Waals surface area (Å²) in [6.07, 6.45) is 5.32. The molecule has 7 nitrogen and oxygen atoms in total. The number of nitrogens with zero attached hydrogens (tertiary/aromatic N) is 4. The second-order valence-corrected chi connectivity index (χ2v) is 9.14. The van der Waals surface area contributed by atoms with Crippen molar-refractivity contribution in [3.8, 4) is 0 Å². The van der Waals surface area contributed by atoms with Gasteiger partial charge in [-0.15, -0.1) is 0 Å². The molecule has 0 saturated carbocycles. The summed E-state index contributed by atoms with van der Waals surface area (Å²) in [5.41, 5.74) is 3.18. The molecule has 0 aromatic carbocycles. The molecule has 4 heterocycles. The first-order valence-corrected chi connectivity index (χ1v) is 10.4. The van der Waals surface area contributed by atoms with Crippen LogP contribution in [0.2, 0.25) is 0 Å². The molecule has 134 valence electrons. The van der Waals surface area contributed by atoms with Gasteiger partial charge < -0.3 is 4.98 Å². The summed E-state index contributed by atoms with van der Waals surface area (Å²) in [5, 5.41) is 0. The zero-order chi connectivity index (χ0) is 17.4. The van der Waals surface area contributed by atoms with E-state index in [1.807, 2.05) is 25.3 Å². The Hall–Kier alpha value is -1.77. The second kappa shape index (κ2) is 6.51. The normalized spacial score (nSPS) is 26.6. The van der Waals surface area contributed by atoms with Crippen molar-refractivity contribution < 1.29 is 8.42 Å². The number of rotatable bonds is 4. The number of sulfone groups is 1. The largest absolute Gasteiger partial charge is 0.348 e. The number of H-pyrrole nitrogens is 1. The Kier molecular flexibility index (Phi) is 4.35. The highest BCUT2D eigenvalue weighted by molar-refractivity contribution is 7.91. The first kappa shape index (κ1) is 16.7. The predicted octanol–water partition coefficient (Wildman–Crippen LogP) is 0.597. The Balaban J connectivity index is 1.54. The van der Waals surface area contributed by atoms with Gasteiger partial charge in [-0.2, -0.15) is 0 Å². The molecule has 0 bridgehead atoms. The van der Waals surface area contributed by atoms with Crippen LogP contribution in [-0.4, -0.2) is 69.8 Å². The third kappa shape index (κ3) is 3.47. The fraction of sp³-hybridized carbons (Fsp3) is 0.529. The SMILES string of the molecule is Cc1[nH]cnc1CN1CCN(Cc2cccnc2)[C@@H]2CS(=O)(=O)C[C@@H]21. The molecule has 4 rings (SSSR count). The van der Waals surface area contributed by atoms with Crippen molar-refractivity contribution >= 4 is 9.84 Å². The number of aryl methyl sites for hydroxylation is 1. The summed E-state index contributed by atoms with van der Waals surface area (Å²) in [5.74, 6) is 0.485. The highest BCUT2D eigenvalue weighted by Gasteiger charge is 2.46. The van der Waals surface area contributed by atoms with Crippen LogP contribution in [0.5, 0.6) is 0 Å². The fourth-order valence-electron chi connectivity index (χ4n) is 3.95. The minimum absolute atomic E-state index is 0.0338. The average molecular weight is 361 g/mol. The Morgan fingerprint density at radius 1 is 1.20 bits per heavy atom. The molecule has 2 fully saturated rings. The topological polar surface area (TPSA) is 82.2 Å². The third-order valence-electron chi connectivity index (χ3n) is 5.30. The lowest BCUT2D eigenvalue weighted by atomic mass is 10.0. The van der Waals surface area contributed by atoms with Crippen LogP contribution in [0.1, 0.15) is 17.0 Å². The fourth-order valence-corrected chi connectivity index (χ4v) is 6.00. The van der Waals surface area contributed by atoms with E-state index in [4.69, 9.17) is 0 Å². The monoisotopic (exact) mass is 361 g/mol. The Bertz CT molecular complexity index is 836. The number of aromatic nitrogens is 3. The van der Waals surface area contributed by atoms with Gasteiger partial charge in [0.15, 0.2) is 9.84 Å². The van der Waals surface area contributed by atoms with Gasteiger partial charge in [-0.1, -0.05) is 6.07 Å². The van der Waals surface area contributed by atoms with Crippen LogP contribution in [0.25, 0.3) is 0 Å². The molecule has 25 heavy (non-hydrogen) atoms. The summed E-state index contributed by atoms with van der Waals surface area (Å²) >= 11 is 0. The van der Waals surface area contributed by atoms with E-state index >= 15 is 0 Å². The summed E-state index contributed by atoms with van der Waals surface area (Å²) in [7, 11) is -3.00. The zero-order valence-electron chi connectivity index (χ0n) is 14.3. The van der Waals surface area contributed by atoms with Crippen molar-refractivity contribution in [2.45, 2.75) is 32.1 Å². The number of pyridine rings is 1. The van der Waals surface area contributed by atoms with Crippen molar-refractivity contribution in [2.24, 2.45) is 0 Å². The molecule has 0 aliphatic carbocycles. The minimum Gasteiger partial charge on any atom is -0.348 e. The number of fused-ring (bicyclic) bond motifs is 1. The zero-order valence-corrected chi connectivity index (χ0v) is 15.1. The maximum atomic E-state index is 12.3. The molecule has 0 unspecified atom stereocenters. The van der Waals surface area contributed by atoms with E-state index in [0.29, 0.717) is 6.54 Å². The van der Waals surface area contributed by atoms with Gasteiger partial charge in [0.1, 0.15) is 0 Å². The highest BCUT2D eigenvalue weighted by atomic mass is 32.2. The standard InChI is InChI=1S/C17H23N5O2S/c1-13-15(20-12-19-13)9-22-6-5-21(8-14-3-2-4-18-7-14)16-10-25(23,24)11-17(16)22/h2-4,7,12,16-17H,5-6,8-11H2,1H3,(H,19,20)/t16-,17+/m1/s1. The Labute approximate surface area is 148 Å². The molecular weight excluding hydrogens is 338 g/mol. The maximum Gasteiger partial charge on any atom is 0.153 e. The number of hydrogen-bond acceptors (Lipinski definition) is 6. The summed E-state index contributed by atoms with van der Waals surface area (Å²) in [6, 6.07) is 4.05. The van der Waals surface area contributed by atoms with Gasteiger partial charge in [0.25, 0.3) is 0 Å². The number of imidazole rings is 1. The number of nitrogens with one attached hydrogen (secondary N) is 1. The van der Waals surface area contributed by atoms with Gasteiger partial charge in [-0.05, 0) is 18.6 Å². The maximum absolute atomic E-state index is 12.3. The Morgan fingerprint density at radius 2 is 1.92 bits per heavy atom. The lowest BCUT2D eigenvalue weighted by Crippen LogP contribution is -2.58. The van der Waals surface area contributed by atoms with Crippen LogP contribution < -0.4 is 0 Å². The third-order valence-corrected chi connectivity index (χ3v) is 7.00. The predicted molar refractivity (Wildman–Crippen MR) is 94.6 cm³/mol. The lowest BCUT2D eigenvalue weighted by molar-refractivity contribution is 0.0347. The van der Waals surface area contributed by atoms with E-state index in [1.165, 1.54) is 0 Å². The van der Waals surface area contributed by atoms with Gasteiger partial charge >= 0.3 is 0 Å². The first-order chi connectivity index (χ1) is 12.0. The molecule has 0 amide bonds. The molecule has 2 aliphatic rings. The van der Waals surface area contributed by atoms with Crippen molar-refractivity contribution in [1.82, 2.24) is 24.8 Å². The molecule has 2 atom stereocenters. The van der Waals surface area contributed by atoms with Gasteiger partial charge in [-0.25, -0.2) is 13.4 Å². The average Bonchev–Trinajstić information content (AvgIpc) is 3.13. The Morgan fingerprint density at radius 3 is 2.52 bits per heavy atom. The van der Waals surface area contributed by atoms with E-state index in [-0.39, 0.29) is 23.6 Å². The van der Waals surface area contributed by atoms with Crippen LogP contribution in [-0.2, 0) is 22.9 Å². The quantitative estimate of drug-likeness (QED) is 0.859. The molecule has 8 heteroatoms. The van der Waals surface area contributed by atoms with Crippen LogP contribution >= 0.6 is 0 Å². The van der Waals surface area contributed by atoms with Crippen LogP contribution in [0, 0.1) is 6.92 Å². The molecular formula is C17H23N5O2S. The van der Waals surface area contributed by atoms with E-state index in [2.05, 4.69) is 24.8 Å². The molecule has 0 radical (unpaired) electrons. The lowest BCUT2D eigenvalue weighted by Gasteiger charge is -2.43. The van der Waals surface area contributed by atoms with Gasteiger partial charge in [0.2, 0.25) is 0 Å². The van der Waals surface area contributed by atoms with E-state index in [1.54, 1.807) is 12.5 Å². The highest BCUT2D eigenvalue weighted by Crippen LogP contribution is 2.29. The first-order valence-electron chi connectivity index (χ1n) is 8.58. The van der Waals surface area contributed by atoms with E-state index < -0.39 is 9.84 Å². The van der Waals surface area contributed by atoms with Crippen molar-refractivity contribution in [3.05, 3.63) is 47.8 Å². The summed E-state index contributed by atoms with van der Waals surface area (Å²) in [6.45, 7) is 5.16. The smallest absolute Gasteiger partial charge is 0.153 e. The molecule has 2 aromatic heterocycles. The van der Waals surface area contributed by atoms with Crippen LogP contribution in [0.3, 0.4) is 0 Å². The van der Waals surface area contributed by atoms with Crippen molar-refractivity contribution in [2.75, 3.05) is 24.6 Å². The number of hydrogen-bond donors (Lipinski definition) is 1. The van der Waals surface area contributed by atoms with Crippen LogP contribution in [0.4, 0.5) is 0 Å². The number of aromatic amines is 1. The van der Waals surface area contributed by atoms with Crippen molar-refractivity contribution in [3.63, 3.8) is 0 Å². The van der Waals surface area contributed by atoms with Gasteiger partial charge in [-0.3, -0.25) is 14.8 Å². The van der Waals surface area contributed by atoms with Gasteiger partial charge in [0.05, 0.1) is 23.5 Å². The molecule has 2 aromatic rings. The second-order valence-electron chi connectivity index (χ2n) is 6.99. The van der Waals surface area contributed by atoms with Crippen LogP contribution in [0.15, 0.2) is 30.9 Å².